The predicted molar refractivity (Wildman–Crippen MR) is 266 cm³/mol. The van der Waals surface area contributed by atoms with Gasteiger partial charge in [0.25, 0.3) is 0 Å². The van der Waals surface area contributed by atoms with Crippen LogP contribution in [0.4, 0.5) is 0 Å². The largest absolute Gasteiger partial charge is 0.507 e. The van der Waals surface area contributed by atoms with E-state index in [0.717, 1.165) is 11.1 Å². The van der Waals surface area contributed by atoms with E-state index in [2.05, 4.69) is 11.1 Å². The summed E-state index contributed by atoms with van der Waals surface area (Å²) in [5.41, 5.74) is -12.4. The Hall–Kier alpha value is -5.57. The molecule has 6 aromatic carbocycles. The van der Waals surface area contributed by atoms with Gasteiger partial charge in [0.2, 0.25) is 0 Å². The average molecular weight is 1050 g/mol. The number of benzene rings is 6. The van der Waals surface area contributed by atoms with E-state index in [1.807, 2.05) is 65.0 Å². The quantitative estimate of drug-likeness (QED) is 0.154. The molecule has 0 unspecified atom stereocenters. The Labute approximate surface area is 435 Å². The Kier molecular flexibility index (Phi) is 6.26. The summed E-state index contributed by atoms with van der Waals surface area (Å²) in [7, 11) is 0. The van der Waals surface area contributed by atoms with Gasteiger partial charge >= 0.3 is 0 Å². The van der Waals surface area contributed by atoms with Crippen molar-refractivity contribution in [2.24, 2.45) is 5.92 Å². The Morgan fingerprint density at radius 2 is 1.42 bits per heavy atom. The average Bonchev–Trinajstić information content (AvgIpc) is 0.773. The molecule has 0 spiro atoms. The van der Waals surface area contributed by atoms with Crippen molar-refractivity contribution >= 4 is 11.0 Å². The molecule has 0 aliphatic carbocycles. The van der Waals surface area contributed by atoms with Crippen LogP contribution in [0.3, 0.4) is 0 Å². The minimum Gasteiger partial charge on any atom is -0.507 e. The van der Waals surface area contributed by atoms with Crippen LogP contribution in [-0.4, -0.2) is 19.6 Å². The Bertz CT molecular complexity index is 4060. The first kappa shape index (κ1) is 22.6. The monoisotopic (exact) mass is 1050 g/mol. The molecule has 0 atom stereocenters. The van der Waals surface area contributed by atoms with Crippen LogP contribution in [0.5, 0.6) is 5.75 Å². The molecule has 5 heteroatoms. The first-order valence-corrected chi connectivity index (χ1v) is 20.2. The van der Waals surface area contributed by atoms with Crippen LogP contribution in [0.15, 0.2) is 133 Å². The van der Waals surface area contributed by atoms with Crippen LogP contribution >= 0.6 is 0 Å². The molecule has 0 saturated heterocycles. The smallest absolute Gasteiger partial charge is 0.148 e. The van der Waals surface area contributed by atoms with Crippen molar-refractivity contribution in [2.75, 3.05) is 0 Å². The normalized spacial score (nSPS) is 20.0. The number of hydrogen-bond donors (Lipinski definition) is 1. The minimum atomic E-state index is -4.24. The summed E-state index contributed by atoms with van der Waals surface area (Å²) in [6.45, 7) is -18.8. The van der Waals surface area contributed by atoms with Crippen LogP contribution in [0.1, 0.15) is 142 Å². The van der Waals surface area contributed by atoms with Crippen LogP contribution in [-0.2, 0) is 43.7 Å². The summed E-state index contributed by atoms with van der Waals surface area (Å²) in [6, 6.07) is 21.0. The number of hydrogen-bond acceptors (Lipinski definition) is 3. The van der Waals surface area contributed by atoms with Crippen LogP contribution < -0.4 is 0 Å². The van der Waals surface area contributed by atoms with E-state index in [1.54, 1.807) is 42.5 Å². The molecule has 64 heavy (non-hydrogen) atoms. The molecule has 0 saturated carbocycles. The number of fused-ring (bicyclic) bond motifs is 1. The van der Waals surface area contributed by atoms with Crippen molar-refractivity contribution in [3.05, 3.63) is 167 Å². The maximum Gasteiger partial charge on any atom is 0.148 e. The molecular formula is C59H62N3OPt-. The number of nitrogens with zero attached hydrogens (tertiary/aromatic N) is 3. The summed E-state index contributed by atoms with van der Waals surface area (Å²) in [5.74, 6) is -2.06. The van der Waals surface area contributed by atoms with Gasteiger partial charge in [-0.1, -0.05) is 177 Å². The van der Waals surface area contributed by atoms with Gasteiger partial charge < -0.3 is 5.11 Å². The van der Waals surface area contributed by atoms with Gasteiger partial charge in [0.15, 0.2) is 0 Å². The number of aromatic nitrogens is 3. The van der Waals surface area contributed by atoms with E-state index in [1.165, 1.54) is 10.6 Å². The van der Waals surface area contributed by atoms with Crippen LogP contribution in [0.25, 0.3) is 72.7 Å². The molecule has 8 aromatic rings. The maximum atomic E-state index is 13.0. The molecule has 2 heterocycles. The van der Waals surface area contributed by atoms with Crippen molar-refractivity contribution in [1.29, 1.82) is 0 Å². The van der Waals surface area contributed by atoms with Crippen molar-refractivity contribution in [3.8, 4) is 67.5 Å². The Morgan fingerprint density at radius 1 is 0.703 bits per heavy atom. The SMILES string of the molecule is [2H]c1nc(-c2[c-]c(-c3cccc4c3nc(-c3cc(C(C([2H])([2H])[2H])(C([2H])([2H])[2H])C([2H])([2H])[2H])cc(C(C([2H])([2H])[2H])(C([2H])([2H])[2H])C([2H])([2H])[2H])c3O)n4-c3ccc(-c4ccccc4)c(CC(C)C)c3)cc(C(C)(C)C)c2)c([2H])c(-c2c([2H])c([2H])c(C([2H])([2H])[2H])c([2H])c2[2H])c1[2H].[Pt]. The third-order valence-corrected chi connectivity index (χ3v) is 10.7. The van der Waals surface area contributed by atoms with E-state index in [9.17, 15) is 6.48 Å². The molecule has 0 bridgehead atoms. The van der Waals surface area contributed by atoms with Gasteiger partial charge in [0.05, 0.1) is 26.2 Å². The van der Waals surface area contributed by atoms with E-state index < -0.39 is 152 Å². The fourth-order valence-electron chi connectivity index (χ4n) is 7.58. The Balaban J connectivity index is 0.0000120. The molecule has 0 aliphatic rings. The molecule has 4 nitrogen and oxygen atoms in total. The second-order valence-corrected chi connectivity index (χ2v) is 17.1. The standard InChI is InChI=1S/C59H62N3O.Pt/c1-37(2)29-42-33-47(25-26-48(42)40-17-14-13-15-18-40)62-53-20-16-19-49(54(53)61-56(62)50-35-46(58(7,8)9)36-51(55(50)63)59(10,11)12)43-30-44(32-45(31-43)57(4,5)6)52-34-41(27-28-60-52)39-23-21-38(3)22-24-39;/h13-28,31-37,63H,29H2,1-12H3;/q-1;/i3D3,7D3,8D3,9D3,10D3,11D3,12D3,21D,22D,23D,24D,27D,28D,34D;. The zero-order valence-electron chi connectivity index (χ0n) is 63.5. The number of aromatic hydroxyl groups is 1. The first-order valence-electron chi connectivity index (χ1n) is 34.2. The second kappa shape index (κ2) is 17.8. The molecular weight excluding hydrogens is 962 g/mol. The van der Waals surface area contributed by atoms with Gasteiger partial charge in [-0.25, -0.2) is 4.98 Å². The third-order valence-electron chi connectivity index (χ3n) is 10.7. The molecule has 0 fully saturated rings. The summed E-state index contributed by atoms with van der Waals surface area (Å²) in [4.78, 5) is 9.35. The van der Waals surface area contributed by atoms with Crippen molar-refractivity contribution < 1.29 is 64.6 Å². The number of para-hydroxylation sites is 1. The Morgan fingerprint density at radius 3 is 2.11 bits per heavy atom. The number of imidazole rings is 1. The molecule has 1 N–H and O–H groups in total. The number of rotatable bonds is 8. The van der Waals surface area contributed by atoms with E-state index in [-0.39, 0.29) is 72.2 Å². The van der Waals surface area contributed by atoms with Gasteiger partial charge in [-0.05, 0) is 99.1 Å². The molecule has 8 rings (SSSR count). The molecule has 0 radical (unpaired) electrons. The third kappa shape index (κ3) is 9.45. The summed E-state index contributed by atoms with van der Waals surface area (Å²) < 4.78 is 245. The molecule has 2 aromatic heterocycles. The summed E-state index contributed by atoms with van der Waals surface area (Å²) in [5, 5.41) is 13.0. The molecule has 0 amide bonds. The zero-order valence-corrected chi connectivity index (χ0v) is 37.8. The van der Waals surface area contributed by atoms with Gasteiger partial charge in [0, 0.05) is 73.0 Å². The van der Waals surface area contributed by atoms with Crippen molar-refractivity contribution in [1.82, 2.24) is 14.5 Å². The summed E-state index contributed by atoms with van der Waals surface area (Å²) >= 11 is 0. The molecule has 0 aliphatic heterocycles. The zero-order chi connectivity index (χ0) is 68.6. The second-order valence-electron chi connectivity index (χ2n) is 17.1. The van der Waals surface area contributed by atoms with E-state index >= 15 is 0 Å². The van der Waals surface area contributed by atoms with Gasteiger partial charge in [-0.3, -0.25) is 9.55 Å². The topological polar surface area (TPSA) is 50.9 Å². The van der Waals surface area contributed by atoms with Crippen LogP contribution in [0, 0.1) is 18.8 Å². The fraction of sp³-hybridized carbons (Fsp3) is 0.288. The van der Waals surface area contributed by atoms with Crippen molar-refractivity contribution in [2.45, 2.75) is 105 Å². The number of phenolic OH excluding ortho intramolecular Hbond substituents is 1. The first-order chi connectivity index (χ1) is 41.4. The van der Waals surface area contributed by atoms with E-state index in [0.29, 0.717) is 23.6 Å². The maximum absolute atomic E-state index is 13.0. The van der Waals surface area contributed by atoms with Crippen LogP contribution in [0.2, 0.25) is 0 Å². The van der Waals surface area contributed by atoms with Gasteiger partial charge in [0.1, 0.15) is 11.6 Å². The molecule has 330 valence electrons. The van der Waals surface area contributed by atoms with Crippen molar-refractivity contribution in [3.63, 3.8) is 0 Å². The van der Waals surface area contributed by atoms with E-state index in [4.69, 9.17) is 42.0 Å². The predicted octanol–water partition coefficient (Wildman–Crippen LogP) is 15.7. The number of pyridine rings is 1. The van der Waals surface area contributed by atoms with Gasteiger partial charge in [-0.2, -0.15) is 0 Å². The van der Waals surface area contributed by atoms with Gasteiger partial charge in [-0.15, -0.1) is 29.3 Å². The minimum absolute atomic E-state index is 0. The number of phenols is 1. The fourth-order valence-corrected chi connectivity index (χ4v) is 7.58. The summed E-state index contributed by atoms with van der Waals surface area (Å²) in [6.07, 6.45) is -0.386.